The van der Waals surface area contributed by atoms with Crippen molar-refractivity contribution >= 4 is 23.9 Å². The molecule has 6 heavy (non-hydrogen) atoms. The normalized spacial score (nSPS) is 0.500. The molecule has 0 aromatic carbocycles. The summed E-state index contributed by atoms with van der Waals surface area (Å²) < 4.78 is 8.25. The van der Waals surface area contributed by atoms with E-state index in [9.17, 15) is 0 Å². The van der Waals surface area contributed by atoms with Crippen LogP contribution in [0.2, 0.25) is 0 Å². The topological polar surface area (TPSA) is 17.1 Å². The third-order valence-electron chi connectivity index (χ3n) is 0. The molecule has 1 nitrogen and oxygen atoms in total. The van der Waals surface area contributed by atoms with E-state index in [0.717, 1.165) is 20.4 Å². The van der Waals surface area contributed by atoms with E-state index in [0.29, 0.717) is 0 Å². The van der Waals surface area contributed by atoms with Gasteiger partial charge in [-0.25, -0.2) is 0 Å². The average molecular weight is 315 g/mol. The molecular formula is H3CoCuLiOSnTi. The van der Waals surface area contributed by atoms with Crippen LogP contribution in [0.4, 0.5) is 0 Å². The van der Waals surface area contributed by atoms with E-state index in [-0.39, 0.29) is 78.0 Å². The summed E-state index contributed by atoms with van der Waals surface area (Å²) in [6, 6.07) is 0. The molecule has 0 bridgehead atoms. The second-order valence-corrected chi connectivity index (χ2v) is 0. The molecule has 0 aromatic heterocycles. The van der Waals surface area contributed by atoms with Crippen LogP contribution in [0.5, 0.6) is 0 Å². The van der Waals surface area contributed by atoms with Gasteiger partial charge in [-0.05, 0) is 0 Å². The molecule has 0 aliphatic rings. The Kier molecular flexibility index (Phi) is 268. The molecule has 0 N–H and O–H groups in total. The summed E-state index contributed by atoms with van der Waals surface area (Å²) in [5, 5.41) is 0. The van der Waals surface area contributed by atoms with Gasteiger partial charge in [0.2, 0.25) is 0 Å². The summed E-state index contributed by atoms with van der Waals surface area (Å²) in [4.78, 5) is 0. The summed E-state index contributed by atoms with van der Waals surface area (Å²) >= 11 is 0.750. The summed E-state index contributed by atoms with van der Waals surface area (Å²) in [6.45, 7) is 0. The molecule has 38 valence electrons. The van der Waals surface area contributed by atoms with Gasteiger partial charge in [-0.15, -0.1) is 0 Å². The Morgan fingerprint density at radius 2 is 1.33 bits per heavy atom. The zero-order chi connectivity index (χ0) is 2.00. The minimum atomic E-state index is 0. The van der Waals surface area contributed by atoms with Crippen molar-refractivity contribution in [2.75, 3.05) is 0 Å². The number of rotatable bonds is 0. The molecule has 0 saturated heterocycles. The van der Waals surface area contributed by atoms with Gasteiger partial charge in [0.15, 0.2) is 0 Å². The van der Waals surface area contributed by atoms with Gasteiger partial charge in [-0.1, -0.05) is 0 Å². The molecule has 0 aromatic rings. The Bertz CT molecular complexity index is 19.7. The fourth-order valence-electron chi connectivity index (χ4n) is 0. The second kappa shape index (κ2) is 44.3. The van der Waals surface area contributed by atoms with E-state index in [4.69, 9.17) is 3.32 Å². The predicted molar refractivity (Wildman–Crippen MR) is 10.3 cm³/mol. The van der Waals surface area contributed by atoms with Crippen LogP contribution in [0.15, 0.2) is 0 Å². The Morgan fingerprint density at radius 3 is 1.33 bits per heavy atom. The van der Waals surface area contributed by atoms with Gasteiger partial charge in [0, 0.05) is 33.8 Å². The van der Waals surface area contributed by atoms with Crippen LogP contribution in [-0.2, 0) is 57.6 Å². The SMILES string of the molecule is [Co].[Cu].[H-].[Li+].[O]=[Ti].[SnH2]. The first-order chi connectivity index (χ1) is 1.00. The fourth-order valence-corrected chi connectivity index (χ4v) is 0. The monoisotopic (exact) mass is 316 g/mol. The Balaban J connectivity index is -0.000000000500. The first-order valence-corrected chi connectivity index (χ1v) is 0.842. The molecule has 0 aliphatic heterocycles. The summed E-state index contributed by atoms with van der Waals surface area (Å²) in [5.74, 6) is 0. The molecule has 0 heterocycles. The van der Waals surface area contributed by atoms with Crippen LogP contribution in [-0.4, -0.2) is 23.9 Å². The summed E-state index contributed by atoms with van der Waals surface area (Å²) in [7, 11) is 0. The molecule has 0 spiro atoms. The Hall–Kier alpha value is 2.94. The summed E-state index contributed by atoms with van der Waals surface area (Å²) in [6.07, 6.45) is 0. The maximum absolute atomic E-state index is 8.25. The third-order valence-corrected chi connectivity index (χ3v) is 0. The number of hydrogen-bond acceptors (Lipinski definition) is 1. The van der Waals surface area contributed by atoms with Crippen LogP contribution in [0.25, 0.3) is 0 Å². The molecule has 0 unspecified atom stereocenters. The summed E-state index contributed by atoms with van der Waals surface area (Å²) in [5.41, 5.74) is 0. The van der Waals surface area contributed by atoms with Gasteiger partial charge >= 0.3 is 66.5 Å². The van der Waals surface area contributed by atoms with Crippen LogP contribution < -0.4 is 18.9 Å². The Labute approximate surface area is 100 Å². The standard InChI is InChI=1S/Co.Cu.Li.O.Sn.Ti.3H/q;;+1;;;;;;-1. The van der Waals surface area contributed by atoms with E-state index < -0.39 is 0 Å². The van der Waals surface area contributed by atoms with Gasteiger partial charge < -0.3 is 1.43 Å². The number of hydrogen-bond donors (Lipinski definition) is 0. The van der Waals surface area contributed by atoms with Gasteiger partial charge in [0.1, 0.15) is 0 Å². The molecule has 0 fully saturated rings. The molecule has 0 aliphatic carbocycles. The van der Waals surface area contributed by atoms with E-state index in [1.807, 2.05) is 0 Å². The van der Waals surface area contributed by atoms with Crippen molar-refractivity contribution in [1.29, 1.82) is 0 Å². The molecule has 0 amide bonds. The Morgan fingerprint density at radius 1 is 1.33 bits per heavy atom. The van der Waals surface area contributed by atoms with Crippen molar-refractivity contribution in [3.63, 3.8) is 0 Å². The molecule has 0 atom stereocenters. The van der Waals surface area contributed by atoms with Crippen molar-refractivity contribution in [2.45, 2.75) is 0 Å². The van der Waals surface area contributed by atoms with E-state index >= 15 is 0 Å². The molecule has 4 radical (unpaired) electrons. The molecule has 6 heteroatoms. The average Bonchev–Trinajstić information content (AvgIpc) is 1.00. The van der Waals surface area contributed by atoms with E-state index in [2.05, 4.69) is 0 Å². The van der Waals surface area contributed by atoms with E-state index in [1.54, 1.807) is 0 Å². The van der Waals surface area contributed by atoms with Crippen molar-refractivity contribution in [1.82, 2.24) is 0 Å². The van der Waals surface area contributed by atoms with Crippen LogP contribution in [0, 0.1) is 0 Å². The maximum atomic E-state index is 8.25. The first kappa shape index (κ1) is 36.3. The second-order valence-electron chi connectivity index (χ2n) is 0. The minimum absolute atomic E-state index is 0. The zero-order valence-electron chi connectivity index (χ0n) is 4.25. The molecule has 0 saturated carbocycles. The molecule has 0 rings (SSSR count). The van der Waals surface area contributed by atoms with Crippen LogP contribution >= 0.6 is 0 Å². The third kappa shape index (κ3) is 28.4. The van der Waals surface area contributed by atoms with Crippen LogP contribution in [0.1, 0.15) is 1.43 Å². The van der Waals surface area contributed by atoms with E-state index in [1.165, 1.54) is 0 Å². The van der Waals surface area contributed by atoms with Crippen LogP contribution in [0.3, 0.4) is 0 Å². The van der Waals surface area contributed by atoms with Crippen molar-refractivity contribution in [3.05, 3.63) is 0 Å². The first-order valence-electron chi connectivity index (χ1n) is 0.204. The van der Waals surface area contributed by atoms with Crippen molar-refractivity contribution in [3.8, 4) is 0 Å². The van der Waals surface area contributed by atoms with Crippen molar-refractivity contribution in [2.24, 2.45) is 0 Å². The van der Waals surface area contributed by atoms with Gasteiger partial charge in [-0.2, -0.15) is 0 Å². The van der Waals surface area contributed by atoms with Gasteiger partial charge in [0.25, 0.3) is 0 Å². The quantitative estimate of drug-likeness (QED) is 0.418. The fraction of sp³-hybridized carbons (Fsp3) is 0. The zero-order valence-corrected chi connectivity index (χ0v) is 10.8. The van der Waals surface area contributed by atoms with Crippen molar-refractivity contribution < 1.29 is 77.9 Å². The van der Waals surface area contributed by atoms with Gasteiger partial charge in [0.05, 0.1) is 0 Å². The molecular weight excluding hydrogens is 312 g/mol. The predicted octanol–water partition coefficient (Wildman–Crippen LogP) is -3.93. The van der Waals surface area contributed by atoms with Gasteiger partial charge in [-0.3, -0.25) is 0 Å².